The molecule has 0 radical (unpaired) electrons. The molecule has 1 rings (SSSR count). The summed E-state index contributed by atoms with van der Waals surface area (Å²) >= 11 is 0. The van der Waals surface area contributed by atoms with E-state index in [1.807, 2.05) is 6.92 Å². The molecule has 1 amide bonds. The molecule has 0 aliphatic carbocycles. The lowest BCUT2D eigenvalue weighted by Gasteiger charge is -2.16. The lowest BCUT2D eigenvalue weighted by Crippen LogP contribution is -2.36. The second kappa shape index (κ2) is 8.48. The molecule has 0 bridgehead atoms. The molecule has 2 atom stereocenters. The van der Waals surface area contributed by atoms with Gasteiger partial charge in [0.15, 0.2) is 0 Å². The molecule has 2 unspecified atom stereocenters. The highest BCUT2D eigenvalue weighted by atomic mass is 16.1. The molecular formula is C13H27N3O. The van der Waals surface area contributed by atoms with Crippen LogP contribution in [0, 0.1) is 0 Å². The van der Waals surface area contributed by atoms with E-state index in [0.29, 0.717) is 18.5 Å². The third kappa shape index (κ3) is 6.64. The van der Waals surface area contributed by atoms with Crippen molar-refractivity contribution in [1.29, 1.82) is 0 Å². The molecule has 1 saturated heterocycles. The monoisotopic (exact) mass is 241 g/mol. The summed E-state index contributed by atoms with van der Waals surface area (Å²) < 4.78 is 0. The van der Waals surface area contributed by atoms with Gasteiger partial charge in [-0.1, -0.05) is 6.92 Å². The molecule has 0 aromatic heterocycles. The molecule has 4 nitrogen and oxygen atoms in total. The van der Waals surface area contributed by atoms with Crippen LogP contribution in [-0.2, 0) is 4.79 Å². The average molecular weight is 241 g/mol. The van der Waals surface area contributed by atoms with Crippen molar-refractivity contribution < 1.29 is 4.79 Å². The number of carbonyl (C=O) groups excluding carboxylic acids is 1. The molecule has 1 aliphatic rings. The third-order valence-corrected chi connectivity index (χ3v) is 3.38. The van der Waals surface area contributed by atoms with Crippen LogP contribution in [0.2, 0.25) is 0 Å². The van der Waals surface area contributed by atoms with Crippen molar-refractivity contribution >= 4 is 5.91 Å². The van der Waals surface area contributed by atoms with Gasteiger partial charge < -0.3 is 16.0 Å². The lowest BCUT2D eigenvalue weighted by molar-refractivity contribution is -0.121. The quantitative estimate of drug-likeness (QED) is 0.651. The van der Waals surface area contributed by atoms with E-state index in [2.05, 4.69) is 22.9 Å². The maximum absolute atomic E-state index is 11.6. The van der Waals surface area contributed by atoms with E-state index in [9.17, 15) is 4.79 Å². The Labute approximate surface area is 105 Å². The highest BCUT2D eigenvalue weighted by Gasteiger charge is 2.11. The van der Waals surface area contributed by atoms with Gasteiger partial charge in [-0.3, -0.25) is 4.79 Å². The number of nitrogens with one attached hydrogen (secondary N) is 3. The van der Waals surface area contributed by atoms with Crippen LogP contribution in [0.4, 0.5) is 0 Å². The zero-order valence-electron chi connectivity index (χ0n) is 11.2. The lowest BCUT2D eigenvalue weighted by atomic mass is 10.1. The van der Waals surface area contributed by atoms with Gasteiger partial charge in [-0.25, -0.2) is 0 Å². The standard InChI is InChI=1S/C13H27N3O/c1-3-11(2)16-13(17)7-10-15-12-5-4-8-14-9-6-12/h11-12,14-15H,3-10H2,1-2H3,(H,16,17). The maximum Gasteiger partial charge on any atom is 0.221 e. The zero-order chi connectivity index (χ0) is 12.5. The van der Waals surface area contributed by atoms with E-state index in [0.717, 1.165) is 26.1 Å². The van der Waals surface area contributed by atoms with Gasteiger partial charge in [0.25, 0.3) is 0 Å². The van der Waals surface area contributed by atoms with E-state index in [1.165, 1.54) is 19.3 Å². The summed E-state index contributed by atoms with van der Waals surface area (Å²) in [5.74, 6) is 0.165. The van der Waals surface area contributed by atoms with Gasteiger partial charge in [-0.2, -0.15) is 0 Å². The Morgan fingerprint density at radius 3 is 3.00 bits per heavy atom. The van der Waals surface area contributed by atoms with Crippen LogP contribution in [0.5, 0.6) is 0 Å². The summed E-state index contributed by atoms with van der Waals surface area (Å²) in [5, 5.41) is 9.86. The Morgan fingerprint density at radius 2 is 2.24 bits per heavy atom. The molecule has 100 valence electrons. The van der Waals surface area contributed by atoms with Crippen LogP contribution >= 0.6 is 0 Å². The fraction of sp³-hybridized carbons (Fsp3) is 0.923. The van der Waals surface area contributed by atoms with Gasteiger partial charge in [-0.05, 0) is 45.7 Å². The second-order valence-electron chi connectivity index (χ2n) is 4.96. The Morgan fingerprint density at radius 1 is 1.41 bits per heavy atom. The van der Waals surface area contributed by atoms with E-state index in [1.54, 1.807) is 0 Å². The molecular weight excluding hydrogens is 214 g/mol. The minimum Gasteiger partial charge on any atom is -0.354 e. The van der Waals surface area contributed by atoms with Gasteiger partial charge in [0, 0.05) is 25.0 Å². The van der Waals surface area contributed by atoms with E-state index >= 15 is 0 Å². The fourth-order valence-corrected chi connectivity index (χ4v) is 2.06. The van der Waals surface area contributed by atoms with E-state index < -0.39 is 0 Å². The first-order valence-electron chi connectivity index (χ1n) is 6.95. The van der Waals surface area contributed by atoms with Crippen molar-refractivity contribution in [3.63, 3.8) is 0 Å². The predicted octanol–water partition coefficient (Wildman–Crippen LogP) is 1.02. The van der Waals surface area contributed by atoms with Crippen LogP contribution in [0.3, 0.4) is 0 Å². The normalized spacial score (nSPS) is 22.8. The SMILES string of the molecule is CCC(C)NC(=O)CCNC1CCCNCC1. The van der Waals surface area contributed by atoms with Gasteiger partial charge in [0.05, 0.1) is 0 Å². The first-order chi connectivity index (χ1) is 8.22. The molecule has 0 aromatic rings. The molecule has 0 aromatic carbocycles. The molecule has 17 heavy (non-hydrogen) atoms. The summed E-state index contributed by atoms with van der Waals surface area (Å²) in [6, 6.07) is 0.881. The van der Waals surface area contributed by atoms with Gasteiger partial charge in [0.2, 0.25) is 5.91 Å². The van der Waals surface area contributed by atoms with Crippen LogP contribution in [0.1, 0.15) is 46.0 Å². The fourth-order valence-electron chi connectivity index (χ4n) is 2.06. The Bertz CT molecular complexity index is 213. The molecule has 1 fully saturated rings. The third-order valence-electron chi connectivity index (χ3n) is 3.38. The largest absolute Gasteiger partial charge is 0.354 e. The average Bonchev–Trinajstić information content (AvgIpc) is 2.57. The number of amides is 1. The van der Waals surface area contributed by atoms with Crippen LogP contribution in [0.15, 0.2) is 0 Å². The number of hydrogen-bond acceptors (Lipinski definition) is 3. The summed E-state index contributed by atoms with van der Waals surface area (Å²) in [4.78, 5) is 11.6. The summed E-state index contributed by atoms with van der Waals surface area (Å²) in [5.41, 5.74) is 0. The van der Waals surface area contributed by atoms with Gasteiger partial charge >= 0.3 is 0 Å². The highest BCUT2D eigenvalue weighted by molar-refractivity contribution is 5.76. The Balaban J connectivity index is 2.07. The van der Waals surface area contributed by atoms with Crippen LogP contribution in [-0.4, -0.2) is 37.6 Å². The van der Waals surface area contributed by atoms with Crippen molar-refractivity contribution in [2.75, 3.05) is 19.6 Å². The van der Waals surface area contributed by atoms with Crippen LogP contribution < -0.4 is 16.0 Å². The Kier molecular flexibility index (Phi) is 7.21. The summed E-state index contributed by atoms with van der Waals surface area (Å²) in [7, 11) is 0. The van der Waals surface area contributed by atoms with Crippen molar-refractivity contribution in [2.45, 2.75) is 58.0 Å². The summed E-state index contributed by atoms with van der Waals surface area (Å²) in [6.45, 7) is 7.15. The minimum absolute atomic E-state index is 0.165. The number of hydrogen-bond donors (Lipinski definition) is 3. The summed E-state index contributed by atoms with van der Waals surface area (Å²) in [6.07, 6.45) is 5.21. The predicted molar refractivity (Wildman–Crippen MR) is 71.0 cm³/mol. The minimum atomic E-state index is 0.165. The maximum atomic E-state index is 11.6. The topological polar surface area (TPSA) is 53.2 Å². The highest BCUT2D eigenvalue weighted by Crippen LogP contribution is 2.04. The molecule has 3 N–H and O–H groups in total. The van der Waals surface area contributed by atoms with Crippen molar-refractivity contribution in [1.82, 2.24) is 16.0 Å². The van der Waals surface area contributed by atoms with Crippen molar-refractivity contribution in [3.8, 4) is 0 Å². The van der Waals surface area contributed by atoms with E-state index in [4.69, 9.17) is 0 Å². The first kappa shape index (κ1) is 14.5. The molecule has 4 heteroatoms. The first-order valence-corrected chi connectivity index (χ1v) is 6.95. The molecule has 0 saturated carbocycles. The molecule has 1 aliphatic heterocycles. The number of rotatable bonds is 6. The van der Waals surface area contributed by atoms with Crippen molar-refractivity contribution in [3.05, 3.63) is 0 Å². The van der Waals surface area contributed by atoms with Crippen molar-refractivity contribution in [2.24, 2.45) is 0 Å². The molecule has 0 spiro atoms. The van der Waals surface area contributed by atoms with Gasteiger partial charge in [0.1, 0.15) is 0 Å². The Hall–Kier alpha value is -0.610. The van der Waals surface area contributed by atoms with Gasteiger partial charge in [-0.15, -0.1) is 0 Å². The smallest absolute Gasteiger partial charge is 0.221 e. The second-order valence-corrected chi connectivity index (χ2v) is 4.96. The molecule has 1 heterocycles. The number of carbonyl (C=O) groups is 1. The van der Waals surface area contributed by atoms with Crippen LogP contribution in [0.25, 0.3) is 0 Å². The zero-order valence-corrected chi connectivity index (χ0v) is 11.2. The van der Waals surface area contributed by atoms with E-state index in [-0.39, 0.29) is 5.91 Å².